The maximum absolute atomic E-state index is 12.6. The fourth-order valence-corrected chi connectivity index (χ4v) is 4.94. The Bertz CT molecular complexity index is 911. The zero-order valence-electron chi connectivity index (χ0n) is 17.1. The molecule has 1 unspecified atom stereocenters. The summed E-state index contributed by atoms with van der Waals surface area (Å²) in [4.78, 5) is 14.9. The monoisotopic (exact) mass is 418 g/mol. The summed E-state index contributed by atoms with van der Waals surface area (Å²) in [6, 6.07) is 13.0. The number of aryl methyl sites for hydroxylation is 1. The van der Waals surface area contributed by atoms with E-state index in [1.54, 1.807) is 0 Å². The van der Waals surface area contributed by atoms with E-state index in [2.05, 4.69) is 20.9 Å². The number of carbonyl (C=O) groups is 1. The molecule has 1 aromatic carbocycles. The number of aromatic nitrogens is 1. The Kier molecular flexibility index (Phi) is 7.10. The van der Waals surface area contributed by atoms with Crippen molar-refractivity contribution < 1.29 is 13.2 Å². The molecule has 0 spiro atoms. The van der Waals surface area contributed by atoms with Crippen molar-refractivity contribution in [2.75, 3.05) is 32.4 Å². The third-order valence-corrected chi connectivity index (χ3v) is 6.67. The minimum absolute atomic E-state index is 0.120. The Morgan fingerprint density at radius 3 is 2.48 bits per heavy atom. The highest BCUT2D eigenvalue weighted by molar-refractivity contribution is 7.88. The lowest BCUT2D eigenvalue weighted by Gasteiger charge is -2.30. The molecule has 3 rings (SSSR count). The van der Waals surface area contributed by atoms with Crippen LogP contribution in [0.1, 0.15) is 30.1 Å². The topological polar surface area (TPSA) is 74.6 Å². The van der Waals surface area contributed by atoms with Crippen molar-refractivity contribution in [3.8, 4) is 0 Å². The lowest BCUT2D eigenvalue weighted by molar-refractivity contribution is -0.122. The van der Waals surface area contributed by atoms with E-state index in [9.17, 15) is 13.2 Å². The number of sulfonamides is 1. The molecule has 1 atom stereocenters. The average molecular weight is 419 g/mol. The summed E-state index contributed by atoms with van der Waals surface area (Å²) < 4.78 is 28.7. The van der Waals surface area contributed by atoms with E-state index in [0.29, 0.717) is 19.5 Å². The van der Waals surface area contributed by atoms with Gasteiger partial charge in [0.25, 0.3) is 0 Å². The molecule has 0 bridgehead atoms. The van der Waals surface area contributed by atoms with Gasteiger partial charge < -0.3 is 9.88 Å². The highest BCUT2D eigenvalue weighted by Crippen LogP contribution is 2.27. The van der Waals surface area contributed by atoms with E-state index in [0.717, 1.165) is 25.2 Å². The summed E-state index contributed by atoms with van der Waals surface area (Å²) in [6.07, 6.45) is 4.06. The molecule has 0 radical (unpaired) electrons. The molecule has 1 aliphatic heterocycles. The zero-order chi connectivity index (χ0) is 20.9. The minimum Gasteiger partial charge on any atom is -0.355 e. The quantitative estimate of drug-likeness (QED) is 0.821. The number of amides is 1. The van der Waals surface area contributed by atoms with Gasteiger partial charge in [0, 0.05) is 51.5 Å². The van der Waals surface area contributed by atoms with Crippen LogP contribution in [0.2, 0.25) is 0 Å². The van der Waals surface area contributed by atoms with Gasteiger partial charge in [0.05, 0.1) is 12.3 Å². The van der Waals surface area contributed by atoms with Gasteiger partial charge in [0.15, 0.2) is 0 Å². The first kappa shape index (κ1) is 21.5. The van der Waals surface area contributed by atoms with Gasteiger partial charge in [-0.3, -0.25) is 9.69 Å². The molecule has 29 heavy (non-hydrogen) atoms. The summed E-state index contributed by atoms with van der Waals surface area (Å²) in [5.74, 6) is -0.131. The zero-order valence-corrected chi connectivity index (χ0v) is 17.9. The number of carbonyl (C=O) groups excluding carboxylic acids is 1. The number of nitrogens with one attached hydrogen (secondary N) is 1. The molecule has 1 amide bonds. The second-order valence-corrected chi connectivity index (χ2v) is 9.53. The fraction of sp³-hybridized carbons (Fsp3) is 0.476. The summed E-state index contributed by atoms with van der Waals surface area (Å²) in [6.45, 7) is 3.18. The SMILES string of the molecule is Cn1cccc1CN1CCCN(S(C)(=O)=O)C(c2ccccc2)CC(=O)NCC1. The van der Waals surface area contributed by atoms with Crippen LogP contribution in [-0.4, -0.2) is 60.5 Å². The number of rotatable bonds is 4. The van der Waals surface area contributed by atoms with E-state index in [-0.39, 0.29) is 12.3 Å². The predicted molar refractivity (Wildman–Crippen MR) is 114 cm³/mol. The fourth-order valence-electron chi connectivity index (χ4n) is 3.83. The molecule has 8 heteroatoms. The van der Waals surface area contributed by atoms with Crippen molar-refractivity contribution in [1.82, 2.24) is 19.1 Å². The summed E-state index contributed by atoms with van der Waals surface area (Å²) in [5, 5.41) is 2.97. The van der Waals surface area contributed by atoms with Crippen LogP contribution in [0.25, 0.3) is 0 Å². The van der Waals surface area contributed by atoms with Crippen molar-refractivity contribution >= 4 is 15.9 Å². The predicted octanol–water partition coefficient (Wildman–Crippen LogP) is 1.74. The van der Waals surface area contributed by atoms with Gasteiger partial charge in [0.1, 0.15) is 0 Å². The summed E-state index contributed by atoms with van der Waals surface area (Å²) in [5.41, 5.74) is 2.03. The smallest absolute Gasteiger partial charge is 0.222 e. The molecule has 0 aliphatic carbocycles. The third-order valence-electron chi connectivity index (χ3n) is 5.38. The first-order chi connectivity index (χ1) is 13.8. The van der Waals surface area contributed by atoms with Crippen LogP contribution in [0.3, 0.4) is 0 Å². The highest BCUT2D eigenvalue weighted by atomic mass is 32.2. The molecule has 1 N–H and O–H groups in total. The van der Waals surface area contributed by atoms with Gasteiger partial charge in [-0.25, -0.2) is 8.42 Å². The van der Waals surface area contributed by atoms with Crippen LogP contribution in [0, 0.1) is 0 Å². The largest absolute Gasteiger partial charge is 0.355 e. The molecule has 2 heterocycles. The normalized spacial score (nSPS) is 20.8. The second-order valence-electron chi connectivity index (χ2n) is 7.59. The molecular formula is C21H30N4O3S. The highest BCUT2D eigenvalue weighted by Gasteiger charge is 2.30. The number of hydrogen-bond acceptors (Lipinski definition) is 4. The van der Waals surface area contributed by atoms with Crippen LogP contribution >= 0.6 is 0 Å². The van der Waals surface area contributed by atoms with Crippen molar-refractivity contribution in [1.29, 1.82) is 0 Å². The lowest BCUT2D eigenvalue weighted by atomic mass is 10.0. The van der Waals surface area contributed by atoms with E-state index < -0.39 is 16.1 Å². The number of benzene rings is 1. The molecule has 1 fully saturated rings. The Labute approximate surface area is 173 Å². The van der Waals surface area contributed by atoms with Gasteiger partial charge in [-0.15, -0.1) is 0 Å². The third kappa shape index (κ3) is 5.91. The van der Waals surface area contributed by atoms with E-state index >= 15 is 0 Å². The molecule has 1 aromatic heterocycles. The molecule has 158 valence electrons. The van der Waals surface area contributed by atoms with Crippen molar-refractivity contribution in [3.63, 3.8) is 0 Å². The molecule has 1 saturated heterocycles. The van der Waals surface area contributed by atoms with E-state index in [1.807, 2.05) is 49.6 Å². The van der Waals surface area contributed by atoms with Gasteiger partial charge in [0.2, 0.25) is 15.9 Å². The maximum Gasteiger partial charge on any atom is 0.222 e. The Balaban J connectivity index is 1.82. The van der Waals surface area contributed by atoms with Gasteiger partial charge in [-0.05, 0) is 30.7 Å². The van der Waals surface area contributed by atoms with Crippen molar-refractivity contribution in [3.05, 3.63) is 59.9 Å². The standard InChI is InChI=1S/C21H30N4O3S/c1-23-12-6-10-19(23)17-24-13-7-14-25(29(2,27)28)20(16-21(26)22-11-15-24)18-8-4-3-5-9-18/h3-6,8-10,12,20H,7,11,13-17H2,1-2H3,(H,22,26). The first-order valence-electron chi connectivity index (χ1n) is 9.95. The Hall–Kier alpha value is -2.16. The van der Waals surface area contributed by atoms with Crippen LogP contribution in [0.15, 0.2) is 48.7 Å². The van der Waals surface area contributed by atoms with E-state index in [4.69, 9.17) is 0 Å². The van der Waals surface area contributed by atoms with Crippen LogP contribution in [-0.2, 0) is 28.4 Å². The molecule has 2 aromatic rings. The van der Waals surface area contributed by atoms with Crippen LogP contribution in [0.4, 0.5) is 0 Å². The van der Waals surface area contributed by atoms with Gasteiger partial charge in [-0.1, -0.05) is 30.3 Å². The van der Waals surface area contributed by atoms with Crippen LogP contribution in [0.5, 0.6) is 0 Å². The Morgan fingerprint density at radius 1 is 1.07 bits per heavy atom. The molecule has 7 nitrogen and oxygen atoms in total. The molecule has 1 aliphatic rings. The molecular weight excluding hydrogens is 388 g/mol. The number of nitrogens with zero attached hydrogens (tertiary/aromatic N) is 3. The van der Waals surface area contributed by atoms with Crippen LogP contribution < -0.4 is 5.32 Å². The van der Waals surface area contributed by atoms with Gasteiger partial charge in [-0.2, -0.15) is 4.31 Å². The minimum atomic E-state index is -3.47. The van der Waals surface area contributed by atoms with Crippen molar-refractivity contribution in [2.24, 2.45) is 7.05 Å². The summed E-state index contributed by atoms with van der Waals surface area (Å²) >= 11 is 0. The summed E-state index contributed by atoms with van der Waals surface area (Å²) in [7, 11) is -1.46. The Morgan fingerprint density at radius 2 is 1.83 bits per heavy atom. The second kappa shape index (κ2) is 9.56. The van der Waals surface area contributed by atoms with E-state index in [1.165, 1.54) is 16.3 Å². The maximum atomic E-state index is 12.6. The van der Waals surface area contributed by atoms with Crippen molar-refractivity contribution in [2.45, 2.75) is 25.4 Å². The van der Waals surface area contributed by atoms with Gasteiger partial charge >= 0.3 is 0 Å². The molecule has 0 saturated carbocycles. The number of hydrogen-bond donors (Lipinski definition) is 1. The first-order valence-corrected chi connectivity index (χ1v) is 11.8. The lowest BCUT2D eigenvalue weighted by Crippen LogP contribution is -2.38. The average Bonchev–Trinajstić information content (AvgIpc) is 3.06.